The number of benzene rings is 2. The highest BCUT2D eigenvalue weighted by atomic mass is 19.4. The second-order valence-electron chi connectivity index (χ2n) is 5.20. The molecule has 0 amide bonds. The molecule has 0 spiro atoms. The minimum atomic E-state index is -4.34. The van der Waals surface area contributed by atoms with E-state index in [0.29, 0.717) is 6.54 Å². The Morgan fingerprint density at radius 2 is 1.81 bits per heavy atom. The molecule has 0 atom stereocenters. The molecule has 0 heterocycles. The molecule has 0 saturated carbocycles. The number of alkyl halides is 3. The smallest absolute Gasteiger partial charge is 0.422 e. The van der Waals surface area contributed by atoms with Crippen molar-refractivity contribution in [2.24, 2.45) is 0 Å². The maximum atomic E-state index is 12.4. The third-order valence-corrected chi connectivity index (χ3v) is 3.08. The summed E-state index contributed by atoms with van der Waals surface area (Å²) in [6, 6.07) is 11.2. The van der Waals surface area contributed by atoms with Gasteiger partial charge in [0.1, 0.15) is 5.75 Å². The van der Waals surface area contributed by atoms with Crippen LogP contribution >= 0.6 is 0 Å². The van der Waals surface area contributed by atoms with Gasteiger partial charge >= 0.3 is 6.18 Å². The highest BCUT2D eigenvalue weighted by molar-refractivity contribution is 5.87. The quantitative estimate of drug-likeness (QED) is 0.889. The van der Waals surface area contributed by atoms with Crippen LogP contribution in [-0.4, -0.2) is 18.8 Å². The number of ether oxygens (including phenoxy) is 1. The van der Waals surface area contributed by atoms with Crippen LogP contribution in [0.5, 0.6) is 5.75 Å². The van der Waals surface area contributed by atoms with Gasteiger partial charge < -0.3 is 10.1 Å². The molecule has 0 fully saturated rings. The average Bonchev–Trinajstić information content (AvgIpc) is 2.42. The molecule has 0 unspecified atom stereocenters. The van der Waals surface area contributed by atoms with Crippen molar-refractivity contribution in [2.75, 3.05) is 6.61 Å². The summed E-state index contributed by atoms with van der Waals surface area (Å²) in [5, 5.41) is 5.12. The van der Waals surface area contributed by atoms with E-state index in [0.717, 1.165) is 16.3 Å². The van der Waals surface area contributed by atoms with E-state index in [4.69, 9.17) is 4.74 Å². The maximum Gasteiger partial charge on any atom is 0.422 e. The molecule has 114 valence electrons. The second kappa shape index (κ2) is 6.35. The summed E-state index contributed by atoms with van der Waals surface area (Å²) >= 11 is 0. The Bertz CT molecular complexity index is 608. The molecule has 2 nitrogen and oxygen atoms in total. The molecule has 0 saturated heterocycles. The SMILES string of the molecule is CC(C)NCc1c(OCC(F)(F)F)ccc2ccccc12. The van der Waals surface area contributed by atoms with E-state index >= 15 is 0 Å². The van der Waals surface area contributed by atoms with Crippen molar-refractivity contribution in [3.63, 3.8) is 0 Å². The van der Waals surface area contributed by atoms with Crippen LogP contribution in [-0.2, 0) is 6.54 Å². The Hall–Kier alpha value is -1.75. The molecule has 21 heavy (non-hydrogen) atoms. The normalized spacial score (nSPS) is 12.1. The third kappa shape index (κ3) is 4.36. The maximum absolute atomic E-state index is 12.4. The van der Waals surface area contributed by atoms with Crippen LogP contribution in [0.1, 0.15) is 19.4 Å². The summed E-state index contributed by atoms with van der Waals surface area (Å²) in [5.74, 6) is 0.277. The topological polar surface area (TPSA) is 21.3 Å². The van der Waals surface area contributed by atoms with E-state index in [2.05, 4.69) is 5.32 Å². The molecule has 0 aliphatic heterocycles. The van der Waals surface area contributed by atoms with Crippen LogP contribution in [0.4, 0.5) is 13.2 Å². The standard InChI is InChI=1S/C16H18F3NO/c1-11(2)20-9-14-13-6-4-3-5-12(13)7-8-15(14)21-10-16(17,18)19/h3-8,11,20H,9-10H2,1-2H3. The summed E-state index contributed by atoms with van der Waals surface area (Å²) in [4.78, 5) is 0. The van der Waals surface area contributed by atoms with Crippen molar-refractivity contribution < 1.29 is 17.9 Å². The number of fused-ring (bicyclic) bond motifs is 1. The van der Waals surface area contributed by atoms with Gasteiger partial charge in [0.05, 0.1) is 0 Å². The third-order valence-electron chi connectivity index (χ3n) is 3.08. The molecule has 0 aliphatic carbocycles. The van der Waals surface area contributed by atoms with E-state index in [9.17, 15) is 13.2 Å². The van der Waals surface area contributed by atoms with Crippen molar-refractivity contribution in [1.82, 2.24) is 5.32 Å². The first-order chi connectivity index (χ1) is 9.87. The van der Waals surface area contributed by atoms with Crippen LogP contribution < -0.4 is 10.1 Å². The van der Waals surface area contributed by atoms with Crippen LogP contribution in [0.3, 0.4) is 0 Å². The molecule has 0 aromatic heterocycles. The summed E-state index contributed by atoms with van der Waals surface area (Å²) in [6.07, 6.45) is -4.34. The average molecular weight is 297 g/mol. The van der Waals surface area contributed by atoms with Gasteiger partial charge in [0.15, 0.2) is 6.61 Å². The van der Waals surface area contributed by atoms with Gasteiger partial charge in [-0.05, 0) is 16.8 Å². The molecular weight excluding hydrogens is 279 g/mol. The van der Waals surface area contributed by atoms with E-state index in [1.807, 2.05) is 38.1 Å². The van der Waals surface area contributed by atoms with E-state index < -0.39 is 12.8 Å². The molecular formula is C16H18F3NO. The first kappa shape index (κ1) is 15.6. The molecule has 0 bridgehead atoms. The number of rotatable bonds is 5. The van der Waals surface area contributed by atoms with Gasteiger partial charge in [0.2, 0.25) is 0 Å². The van der Waals surface area contributed by atoms with Crippen LogP contribution in [0.15, 0.2) is 36.4 Å². The van der Waals surface area contributed by atoms with Gasteiger partial charge in [-0.2, -0.15) is 13.2 Å². The van der Waals surface area contributed by atoms with Crippen molar-refractivity contribution in [2.45, 2.75) is 32.6 Å². The zero-order valence-corrected chi connectivity index (χ0v) is 12.0. The van der Waals surface area contributed by atoms with Crippen molar-refractivity contribution >= 4 is 10.8 Å². The Morgan fingerprint density at radius 3 is 2.48 bits per heavy atom. The Morgan fingerprint density at radius 1 is 1.10 bits per heavy atom. The predicted octanol–water partition coefficient (Wildman–Crippen LogP) is 4.28. The first-order valence-corrected chi connectivity index (χ1v) is 6.80. The van der Waals surface area contributed by atoms with Crippen LogP contribution in [0.2, 0.25) is 0 Å². The zero-order chi connectivity index (χ0) is 15.5. The lowest BCUT2D eigenvalue weighted by Gasteiger charge is -2.17. The van der Waals surface area contributed by atoms with Gasteiger partial charge in [0.25, 0.3) is 0 Å². The summed E-state index contributed by atoms with van der Waals surface area (Å²) in [6.45, 7) is 3.16. The van der Waals surface area contributed by atoms with Crippen LogP contribution in [0, 0.1) is 0 Å². The van der Waals surface area contributed by atoms with Gasteiger partial charge in [-0.15, -0.1) is 0 Å². The molecule has 2 aromatic carbocycles. The van der Waals surface area contributed by atoms with Gasteiger partial charge in [-0.1, -0.05) is 44.2 Å². The highest BCUT2D eigenvalue weighted by Gasteiger charge is 2.29. The van der Waals surface area contributed by atoms with Gasteiger partial charge in [-0.25, -0.2) is 0 Å². The van der Waals surface area contributed by atoms with E-state index in [1.54, 1.807) is 12.1 Å². The van der Waals surface area contributed by atoms with Crippen molar-refractivity contribution in [3.05, 3.63) is 42.0 Å². The van der Waals surface area contributed by atoms with Gasteiger partial charge in [0, 0.05) is 18.2 Å². The summed E-state index contributed by atoms with van der Waals surface area (Å²) in [5.41, 5.74) is 0.756. The minimum absolute atomic E-state index is 0.236. The molecule has 0 radical (unpaired) electrons. The van der Waals surface area contributed by atoms with Gasteiger partial charge in [-0.3, -0.25) is 0 Å². The lowest BCUT2D eigenvalue weighted by Crippen LogP contribution is -2.24. The highest BCUT2D eigenvalue weighted by Crippen LogP contribution is 2.29. The molecule has 1 N–H and O–H groups in total. The number of nitrogens with one attached hydrogen (secondary N) is 1. The Kier molecular flexibility index (Phi) is 4.73. The number of hydrogen-bond donors (Lipinski definition) is 1. The van der Waals surface area contributed by atoms with Crippen molar-refractivity contribution in [1.29, 1.82) is 0 Å². The molecule has 2 rings (SSSR count). The summed E-state index contributed by atoms with van der Waals surface area (Å²) in [7, 11) is 0. The molecule has 0 aliphatic rings. The van der Waals surface area contributed by atoms with E-state index in [-0.39, 0.29) is 11.8 Å². The zero-order valence-electron chi connectivity index (χ0n) is 12.0. The lowest BCUT2D eigenvalue weighted by molar-refractivity contribution is -0.153. The Balaban J connectivity index is 2.36. The minimum Gasteiger partial charge on any atom is -0.484 e. The molecule has 5 heteroatoms. The molecule has 2 aromatic rings. The fraction of sp³-hybridized carbons (Fsp3) is 0.375. The predicted molar refractivity (Wildman–Crippen MR) is 77.5 cm³/mol. The first-order valence-electron chi connectivity index (χ1n) is 6.80. The second-order valence-corrected chi connectivity index (χ2v) is 5.20. The number of halogens is 3. The fourth-order valence-corrected chi connectivity index (χ4v) is 2.10. The fourth-order valence-electron chi connectivity index (χ4n) is 2.10. The van der Waals surface area contributed by atoms with Crippen molar-refractivity contribution in [3.8, 4) is 5.75 Å². The Labute approximate surface area is 121 Å². The van der Waals surface area contributed by atoms with Crippen LogP contribution in [0.25, 0.3) is 10.8 Å². The number of hydrogen-bond acceptors (Lipinski definition) is 2. The monoisotopic (exact) mass is 297 g/mol. The summed E-state index contributed by atoms with van der Waals surface area (Å²) < 4.78 is 42.1. The van der Waals surface area contributed by atoms with E-state index in [1.165, 1.54) is 0 Å². The lowest BCUT2D eigenvalue weighted by atomic mass is 10.0. The largest absolute Gasteiger partial charge is 0.484 e.